The normalized spacial score (nSPS) is 54.3. The van der Waals surface area contributed by atoms with E-state index < -0.39 is 22.7 Å². The third-order valence-electron chi connectivity index (χ3n) is 9.13. The minimum Gasteiger partial charge on any atom is -0.465 e. The fourth-order valence-corrected chi connectivity index (χ4v) is 8.16. The Morgan fingerprint density at radius 1 is 1.36 bits per heavy atom. The van der Waals surface area contributed by atoms with E-state index in [1.54, 1.807) is 0 Å². The number of esters is 1. The van der Waals surface area contributed by atoms with Crippen molar-refractivity contribution in [3.8, 4) is 0 Å². The second kappa shape index (κ2) is 5.46. The molecule has 0 radical (unpaired) electrons. The molecular formula is C22H30O6. The summed E-state index contributed by atoms with van der Waals surface area (Å²) < 4.78 is 11.4. The zero-order valence-electron chi connectivity index (χ0n) is 16.7. The van der Waals surface area contributed by atoms with Crippen molar-refractivity contribution in [2.24, 2.45) is 34.0 Å². The van der Waals surface area contributed by atoms with Gasteiger partial charge in [0.1, 0.15) is 6.10 Å². The van der Waals surface area contributed by atoms with Crippen LogP contribution >= 0.6 is 0 Å². The van der Waals surface area contributed by atoms with Gasteiger partial charge in [0.15, 0.2) is 5.78 Å². The Labute approximate surface area is 165 Å². The zero-order valence-corrected chi connectivity index (χ0v) is 16.7. The smallest absolute Gasteiger partial charge is 0.302 e. The minimum absolute atomic E-state index is 0.0351. The fourth-order valence-electron chi connectivity index (χ4n) is 8.16. The van der Waals surface area contributed by atoms with Crippen molar-refractivity contribution >= 4 is 11.8 Å². The lowest BCUT2D eigenvalue weighted by Gasteiger charge is -2.73. The molecule has 2 spiro atoms. The van der Waals surface area contributed by atoms with Crippen LogP contribution in [0.2, 0.25) is 0 Å². The highest BCUT2D eigenvalue weighted by atomic mass is 16.6. The van der Waals surface area contributed by atoms with E-state index in [2.05, 4.69) is 6.58 Å². The van der Waals surface area contributed by atoms with E-state index in [4.69, 9.17) is 9.47 Å². The lowest BCUT2D eigenvalue weighted by molar-refractivity contribution is -0.439. The van der Waals surface area contributed by atoms with Crippen molar-refractivity contribution in [3.63, 3.8) is 0 Å². The minimum atomic E-state index is -1.89. The van der Waals surface area contributed by atoms with Crippen LogP contribution in [0.1, 0.15) is 52.4 Å². The van der Waals surface area contributed by atoms with Gasteiger partial charge in [-0.1, -0.05) is 19.9 Å². The molecule has 4 saturated carbocycles. The molecule has 6 nitrogen and oxygen atoms in total. The van der Waals surface area contributed by atoms with Crippen LogP contribution in [0.25, 0.3) is 0 Å². The first-order valence-electron chi connectivity index (χ1n) is 10.5. The molecule has 2 N–H and O–H groups in total. The Hall–Kier alpha value is -1.24. The average Bonchev–Trinajstić information content (AvgIpc) is 2.84. The van der Waals surface area contributed by atoms with Crippen LogP contribution in [0.5, 0.6) is 0 Å². The van der Waals surface area contributed by atoms with E-state index in [1.165, 1.54) is 6.92 Å². The summed E-state index contributed by atoms with van der Waals surface area (Å²) in [5.74, 6) is -2.58. The number of allylic oxidation sites excluding steroid dienone is 1. The average molecular weight is 390 g/mol. The predicted molar refractivity (Wildman–Crippen MR) is 98.8 cm³/mol. The molecule has 0 aromatic heterocycles. The van der Waals surface area contributed by atoms with E-state index in [-0.39, 0.29) is 41.5 Å². The van der Waals surface area contributed by atoms with Crippen LogP contribution in [-0.4, -0.2) is 47.1 Å². The first-order chi connectivity index (χ1) is 13.1. The number of aliphatic hydroxyl groups excluding tert-OH is 1. The van der Waals surface area contributed by atoms with Crippen molar-refractivity contribution in [1.82, 2.24) is 0 Å². The van der Waals surface area contributed by atoms with Crippen LogP contribution in [0.3, 0.4) is 0 Å². The summed E-state index contributed by atoms with van der Waals surface area (Å²) in [5, 5.41) is 23.3. The molecule has 2 heterocycles. The molecule has 2 saturated heterocycles. The summed E-state index contributed by atoms with van der Waals surface area (Å²) in [6, 6.07) is 0. The molecule has 0 aromatic rings. The van der Waals surface area contributed by atoms with Crippen molar-refractivity contribution in [2.45, 2.75) is 64.3 Å². The highest BCUT2D eigenvalue weighted by Crippen LogP contribution is 2.76. The van der Waals surface area contributed by atoms with Crippen molar-refractivity contribution in [1.29, 1.82) is 0 Å². The number of hydrogen-bond acceptors (Lipinski definition) is 6. The number of aliphatic hydroxyl groups is 2. The van der Waals surface area contributed by atoms with Gasteiger partial charge in [-0.05, 0) is 49.5 Å². The predicted octanol–water partition coefficient (Wildman–Crippen LogP) is 1.98. The van der Waals surface area contributed by atoms with Crippen LogP contribution in [0, 0.1) is 34.0 Å². The molecular weight excluding hydrogens is 360 g/mol. The Morgan fingerprint density at radius 3 is 2.82 bits per heavy atom. The number of carbonyl (C=O) groups excluding carboxylic acids is 2. The quantitative estimate of drug-likeness (QED) is 0.553. The van der Waals surface area contributed by atoms with E-state index in [9.17, 15) is 19.8 Å². The van der Waals surface area contributed by atoms with Gasteiger partial charge in [-0.2, -0.15) is 0 Å². The van der Waals surface area contributed by atoms with Gasteiger partial charge in [-0.25, -0.2) is 0 Å². The van der Waals surface area contributed by atoms with Crippen molar-refractivity contribution < 1.29 is 29.3 Å². The number of rotatable bonds is 2. The van der Waals surface area contributed by atoms with E-state index >= 15 is 0 Å². The number of carbonyl (C=O) groups is 2. The largest absolute Gasteiger partial charge is 0.465 e. The SMILES string of the molecule is C=C1C(=O)[C@]23C[C@@H]1CC[C@H]2[C@]12CCC[C@@](C)(COC(C)=O)[C@H]1[C@H](O)[C@]3(O)OC2. The molecule has 8 atom stereocenters. The molecule has 0 amide bonds. The van der Waals surface area contributed by atoms with E-state index in [0.717, 1.165) is 32.1 Å². The molecule has 2 aliphatic heterocycles. The second-order valence-corrected chi connectivity index (χ2v) is 10.3. The standard InChI is InChI=1S/C22H30O6/c1-12-14-5-6-15-20-8-4-7-19(3,10-27-13(2)23)16(20)18(25)22(26,28-11-20)21(15,9-14)17(12)24/h14-16,18,25-26H,1,4-11H2,2-3H3/t14-,15-,16+,18-,19-,20+,21-,22-/m0/s1. The van der Waals surface area contributed by atoms with Crippen molar-refractivity contribution in [3.05, 3.63) is 12.2 Å². The summed E-state index contributed by atoms with van der Waals surface area (Å²) in [6.07, 6.45) is 3.67. The number of ketones is 1. The van der Waals surface area contributed by atoms with Crippen LogP contribution in [0.15, 0.2) is 12.2 Å². The molecule has 6 heteroatoms. The van der Waals surface area contributed by atoms with E-state index in [0.29, 0.717) is 18.6 Å². The zero-order chi connectivity index (χ0) is 20.1. The van der Waals surface area contributed by atoms with Gasteiger partial charge < -0.3 is 19.7 Å². The Balaban J connectivity index is 1.65. The number of ether oxygens (including phenoxy) is 2. The highest BCUT2D eigenvalue weighted by Gasteiger charge is 2.83. The molecule has 6 fully saturated rings. The Bertz CT molecular complexity index is 777. The summed E-state index contributed by atoms with van der Waals surface area (Å²) in [6.45, 7) is 8.02. The maximum absolute atomic E-state index is 13.4. The highest BCUT2D eigenvalue weighted by molar-refractivity contribution is 6.04. The maximum atomic E-state index is 13.4. The van der Waals surface area contributed by atoms with Crippen LogP contribution in [0.4, 0.5) is 0 Å². The summed E-state index contributed by atoms with van der Waals surface area (Å²) in [5.41, 5.74) is -1.34. The molecule has 4 aliphatic carbocycles. The van der Waals surface area contributed by atoms with Gasteiger partial charge in [0.05, 0.1) is 18.6 Å². The number of fused-ring (bicyclic) bond motifs is 2. The van der Waals surface area contributed by atoms with Crippen LogP contribution < -0.4 is 0 Å². The molecule has 6 rings (SSSR count). The van der Waals surface area contributed by atoms with E-state index in [1.807, 2.05) is 6.92 Å². The lowest BCUT2D eigenvalue weighted by atomic mass is 9.36. The van der Waals surface area contributed by atoms with Crippen molar-refractivity contribution in [2.75, 3.05) is 13.2 Å². The molecule has 0 unspecified atom stereocenters. The van der Waals surface area contributed by atoms with Gasteiger partial charge in [0.25, 0.3) is 0 Å². The first-order valence-corrected chi connectivity index (χ1v) is 10.5. The third-order valence-corrected chi connectivity index (χ3v) is 9.13. The molecule has 0 aromatic carbocycles. The lowest BCUT2D eigenvalue weighted by Crippen LogP contribution is -2.81. The second-order valence-electron chi connectivity index (χ2n) is 10.3. The van der Waals surface area contributed by atoms with Gasteiger partial charge >= 0.3 is 5.97 Å². The number of Topliss-reactive ketones (excluding diaryl/α,β-unsaturated/α-hetero) is 1. The van der Waals surface area contributed by atoms with Gasteiger partial charge in [-0.15, -0.1) is 0 Å². The maximum Gasteiger partial charge on any atom is 0.302 e. The molecule has 154 valence electrons. The summed E-state index contributed by atoms with van der Waals surface area (Å²) >= 11 is 0. The Morgan fingerprint density at radius 2 is 2.11 bits per heavy atom. The van der Waals surface area contributed by atoms with Crippen LogP contribution in [-0.2, 0) is 19.1 Å². The Kier molecular flexibility index (Phi) is 3.66. The summed E-state index contributed by atoms with van der Waals surface area (Å²) in [4.78, 5) is 24.9. The summed E-state index contributed by atoms with van der Waals surface area (Å²) in [7, 11) is 0. The molecule has 28 heavy (non-hydrogen) atoms. The van der Waals surface area contributed by atoms with Gasteiger partial charge in [-0.3, -0.25) is 9.59 Å². The van der Waals surface area contributed by atoms with Gasteiger partial charge in [0, 0.05) is 23.7 Å². The molecule has 6 aliphatic rings. The molecule has 4 bridgehead atoms. The van der Waals surface area contributed by atoms with Gasteiger partial charge in [0.2, 0.25) is 5.79 Å². The fraction of sp³-hybridized carbons (Fsp3) is 0.818. The third kappa shape index (κ3) is 1.86. The topological polar surface area (TPSA) is 93.1 Å². The monoisotopic (exact) mass is 390 g/mol. The first kappa shape index (κ1) is 18.8. The number of hydrogen-bond donors (Lipinski definition) is 2.